The van der Waals surface area contributed by atoms with Gasteiger partial charge in [-0.2, -0.15) is 0 Å². The first-order valence-electron chi connectivity index (χ1n) is 9.69. The lowest BCUT2D eigenvalue weighted by Gasteiger charge is -2.33. The second-order valence-corrected chi connectivity index (χ2v) is 7.23. The number of nitrogens with two attached hydrogens (primary N) is 2. The molecular weight excluding hydrogens is 382 g/mol. The number of piperidine rings is 1. The number of anilines is 3. The minimum atomic E-state index is -0.476. The maximum Gasteiger partial charge on any atom is 0.278 e. The van der Waals surface area contributed by atoms with Gasteiger partial charge in [0.25, 0.3) is 5.91 Å². The third kappa shape index (κ3) is 4.15. The highest BCUT2D eigenvalue weighted by Gasteiger charge is 2.22. The van der Waals surface area contributed by atoms with E-state index in [2.05, 4.69) is 25.2 Å². The quantitative estimate of drug-likeness (QED) is 0.516. The van der Waals surface area contributed by atoms with E-state index in [1.165, 1.54) is 6.20 Å². The molecule has 0 aliphatic carbocycles. The molecule has 1 amide bonds. The van der Waals surface area contributed by atoms with Crippen molar-refractivity contribution in [1.29, 1.82) is 0 Å². The van der Waals surface area contributed by atoms with Crippen molar-refractivity contribution in [1.82, 2.24) is 15.0 Å². The van der Waals surface area contributed by atoms with Gasteiger partial charge in [0.05, 0.1) is 29.5 Å². The van der Waals surface area contributed by atoms with Gasteiger partial charge in [0.2, 0.25) is 0 Å². The Morgan fingerprint density at radius 1 is 1.20 bits per heavy atom. The molecular formula is C21H23N7O2. The average Bonchev–Trinajstić information content (AvgIpc) is 2.75. The van der Waals surface area contributed by atoms with Gasteiger partial charge in [0.1, 0.15) is 5.75 Å². The number of phenols is 1. The number of benzene rings is 1. The van der Waals surface area contributed by atoms with Crippen molar-refractivity contribution in [3.63, 3.8) is 0 Å². The van der Waals surface area contributed by atoms with Crippen LogP contribution >= 0.6 is 0 Å². The van der Waals surface area contributed by atoms with E-state index < -0.39 is 5.91 Å². The van der Waals surface area contributed by atoms with Gasteiger partial charge >= 0.3 is 0 Å². The highest BCUT2D eigenvalue weighted by molar-refractivity contribution is 6.07. The number of carbonyl (C=O) groups excluding carboxylic acids is 1. The second-order valence-electron chi connectivity index (χ2n) is 7.23. The van der Waals surface area contributed by atoms with Gasteiger partial charge < -0.3 is 26.8 Å². The number of hydrogen-bond acceptors (Lipinski definition) is 8. The molecule has 1 fully saturated rings. The maximum absolute atomic E-state index is 13.0. The molecule has 1 aromatic carbocycles. The smallest absolute Gasteiger partial charge is 0.278 e. The molecule has 30 heavy (non-hydrogen) atoms. The number of nitrogens with zero attached hydrogens (tertiary/aromatic N) is 4. The van der Waals surface area contributed by atoms with Crippen LogP contribution in [0.15, 0.2) is 48.9 Å². The summed E-state index contributed by atoms with van der Waals surface area (Å²) in [4.78, 5) is 27.8. The maximum atomic E-state index is 13.0. The fourth-order valence-corrected chi connectivity index (χ4v) is 3.51. The van der Waals surface area contributed by atoms with E-state index in [0.29, 0.717) is 23.5 Å². The zero-order valence-electron chi connectivity index (χ0n) is 16.3. The monoisotopic (exact) mass is 405 g/mol. The summed E-state index contributed by atoms with van der Waals surface area (Å²) in [5.41, 5.74) is 14.7. The zero-order valence-corrected chi connectivity index (χ0v) is 16.3. The van der Waals surface area contributed by atoms with Gasteiger partial charge in [-0.15, -0.1) is 0 Å². The number of rotatable bonds is 4. The molecule has 4 rings (SSSR count). The number of aromatic nitrogens is 3. The van der Waals surface area contributed by atoms with E-state index in [0.717, 1.165) is 25.1 Å². The Balaban J connectivity index is 1.60. The molecule has 0 radical (unpaired) electrons. The Morgan fingerprint density at radius 3 is 2.77 bits per heavy atom. The normalized spacial score (nSPS) is 16.3. The number of phenolic OH excluding ortho intramolecular Hbond substituents is 1. The Hall–Kier alpha value is -3.72. The van der Waals surface area contributed by atoms with E-state index in [-0.39, 0.29) is 23.3 Å². The Labute approximate surface area is 173 Å². The second kappa shape index (κ2) is 8.34. The molecule has 1 aliphatic rings. The van der Waals surface area contributed by atoms with Crippen LogP contribution in [0, 0.1) is 0 Å². The van der Waals surface area contributed by atoms with E-state index in [4.69, 9.17) is 11.5 Å². The summed E-state index contributed by atoms with van der Waals surface area (Å²) in [6.07, 6.45) is 6.75. The van der Waals surface area contributed by atoms with Crippen LogP contribution in [-0.2, 0) is 0 Å². The van der Waals surface area contributed by atoms with Crippen LogP contribution in [0.3, 0.4) is 0 Å². The lowest BCUT2D eigenvalue weighted by Crippen LogP contribution is -2.43. The molecule has 0 bridgehead atoms. The topological polar surface area (TPSA) is 143 Å². The van der Waals surface area contributed by atoms with Crippen LogP contribution in [0.4, 0.5) is 17.2 Å². The van der Waals surface area contributed by atoms with Crippen LogP contribution in [-0.4, -0.2) is 45.1 Å². The first-order chi connectivity index (χ1) is 14.5. The van der Waals surface area contributed by atoms with Crippen LogP contribution in [0.1, 0.15) is 23.3 Å². The third-order valence-electron chi connectivity index (χ3n) is 5.02. The van der Waals surface area contributed by atoms with Gasteiger partial charge in [0, 0.05) is 30.9 Å². The number of amides is 1. The molecule has 0 spiro atoms. The number of aromatic hydroxyl groups is 1. The predicted molar refractivity (Wildman–Crippen MR) is 115 cm³/mol. The highest BCUT2D eigenvalue weighted by Crippen LogP contribution is 2.28. The summed E-state index contributed by atoms with van der Waals surface area (Å²) in [5, 5.41) is 12.3. The summed E-state index contributed by atoms with van der Waals surface area (Å²) >= 11 is 0. The van der Waals surface area contributed by atoms with Gasteiger partial charge in [0.15, 0.2) is 11.5 Å². The van der Waals surface area contributed by atoms with Crippen LogP contribution in [0.5, 0.6) is 5.75 Å². The van der Waals surface area contributed by atoms with E-state index in [1.807, 2.05) is 6.07 Å². The zero-order chi connectivity index (χ0) is 21.1. The van der Waals surface area contributed by atoms with Crippen molar-refractivity contribution >= 4 is 23.1 Å². The van der Waals surface area contributed by atoms with Crippen molar-refractivity contribution in [2.24, 2.45) is 5.73 Å². The average molecular weight is 405 g/mol. The van der Waals surface area contributed by atoms with Gasteiger partial charge in [-0.25, -0.2) is 9.97 Å². The number of nitrogens with one attached hydrogen (secondary N) is 1. The van der Waals surface area contributed by atoms with Crippen LogP contribution < -0.4 is 21.7 Å². The summed E-state index contributed by atoms with van der Waals surface area (Å²) in [6, 6.07) is 8.41. The molecule has 9 heteroatoms. The lowest BCUT2D eigenvalue weighted by molar-refractivity contribution is 0.102. The summed E-state index contributed by atoms with van der Waals surface area (Å²) in [7, 11) is 0. The highest BCUT2D eigenvalue weighted by atomic mass is 16.3. The SMILES string of the molecule is Nc1ncc(-c2ccc(O)cc2)nc1C(=O)Nc1cnccc1N1CCCC(N)C1. The van der Waals surface area contributed by atoms with Gasteiger partial charge in [-0.1, -0.05) is 0 Å². The molecule has 3 aromatic rings. The fourth-order valence-electron chi connectivity index (χ4n) is 3.51. The Morgan fingerprint density at radius 2 is 2.00 bits per heavy atom. The Bertz CT molecular complexity index is 1060. The molecule has 0 saturated carbocycles. The lowest BCUT2D eigenvalue weighted by atomic mass is 10.1. The standard InChI is InChI=1S/C21H23N7O2/c22-14-2-1-9-28(12-14)18-7-8-24-10-17(18)27-21(30)19-20(23)25-11-16(26-19)13-3-5-15(29)6-4-13/h3-8,10-11,14,29H,1-2,9,12,22H2,(H2,23,25)(H,27,30). The third-order valence-corrected chi connectivity index (χ3v) is 5.02. The Kier molecular flexibility index (Phi) is 5.44. The number of nitrogen functional groups attached to an aromatic ring is 1. The predicted octanol–water partition coefficient (Wildman–Crippen LogP) is 2.01. The molecule has 1 atom stereocenters. The fraction of sp³-hybridized carbons (Fsp3) is 0.238. The van der Waals surface area contributed by atoms with Gasteiger partial charge in [-0.05, 0) is 43.2 Å². The number of hydrogen-bond donors (Lipinski definition) is 4. The van der Waals surface area contributed by atoms with E-state index in [1.54, 1.807) is 36.7 Å². The van der Waals surface area contributed by atoms with Crippen molar-refractivity contribution < 1.29 is 9.90 Å². The van der Waals surface area contributed by atoms with Crippen molar-refractivity contribution in [3.8, 4) is 17.0 Å². The number of pyridine rings is 1. The number of carbonyl (C=O) groups is 1. The molecule has 6 N–H and O–H groups in total. The van der Waals surface area contributed by atoms with E-state index in [9.17, 15) is 9.90 Å². The summed E-state index contributed by atoms with van der Waals surface area (Å²) in [5.74, 6) is -0.307. The molecule has 9 nitrogen and oxygen atoms in total. The summed E-state index contributed by atoms with van der Waals surface area (Å²) < 4.78 is 0. The van der Waals surface area contributed by atoms with Gasteiger partial charge in [-0.3, -0.25) is 9.78 Å². The van der Waals surface area contributed by atoms with Crippen molar-refractivity contribution in [2.45, 2.75) is 18.9 Å². The summed E-state index contributed by atoms with van der Waals surface area (Å²) in [6.45, 7) is 1.57. The molecule has 1 saturated heterocycles. The minimum Gasteiger partial charge on any atom is -0.508 e. The minimum absolute atomic E-state index is 0.0192. The molecule has 2 aromatic heterocycles. The first kappa shape index (κ1) is 19.6. The molecule has 3 heterocycles. The molecule has 1 aliphatic heterocycles. The van der Waals surface area contributed by atoms with Crippen LogP contribution in [0.25, 0.3) is 11.3 Å². The van der Waals surface area contributed by atoms with Crippen molar-refractivity contribution in [2.75, 3.05) is 29.0 Å². The van der Waals surface area contributed by atoms with Crippen LogP contribution in [0.2, 0.25) is 0 Å². The largest absolute Gasteiger partial charge is 0.508 e. The van der Waals surface area contributed by atoms with Crippen molar-refractivity contribution in [3.05, 3.63) is 54.6 Å². The van der Waals surface area contributed by atoms with E-state index >= 15 is 0 Å². The first-order valence-corrected chi connectivity index (χ1v) is 9.69. The molecule has 1 unspecified atom stereocenters. The molecule has 154 valence electrons.